The lowest BCUT2D eigenvalue weighted by molar-refractivity contribution is -0.150. The molecule has 0 aliphatic carbocycles. The summed E-state index contributed by atoms with van der Waals surface area (Å²) >= 11 is 2.28. The molecule has 2 aliphatic rings. The molecule has 5 N–H and O–H groups in total. The maximum atomic E-state index is 12.7. The van der Waals surface area contributed by atoms with E-state index in [0.717, 1.165) is 16.2 Å². The van der Waals surface area contributed by atoms with E-state index in [4.69, 9.17) is 15.6 Å². The molecular weight excluding hydrogens is 454 g/mol. The Hall–Kier alpha value is -3.17. The van der Waals surface area contributed by atoms with Crippen LogP contribution in [0.4, 0.5) is 5.13 Å². The minimum atomic E-state index is -1.38. The summed E-state index contributed by atoms with van der Waals surface area (Å²) in [5.41, 5.74) is 5.45. The Morgan fingerprint density at radius 3 is 2.77 bits per heavy atom. The zero-order valence-electron chi connectivity index (χ0n) is 15.9. The van der Waals surface area contributed by atoms with E-state index in [0.29, 0.717) is 0 Å². The third-order valence-corrected chi connectivity index (χ3v) is 6.25. The number of hydrogen-bond donors (Lipinski definition) is 4. The Morgan fingerprint density at radius 1 is 1.45 bits per heavy atom. The lowest BCUT2D eigenvalue weighted by Gasteiger charge is -2.49. The summed E-state index contributed by atoms with van der Waals surface area (Å²) in [4.78, 5) is 57.9. The first-order valence-electron chi connectivity index (χ1n) is 8.58. The highest BCUT2D eigenvalue weighted by molar-refractivity contribution is 8.00. The molecule has 2 amide bonds. The fraction of sp³-hybridized carbons (Fsp3) is 0.375. The van der Waals surface area contributed by atoms with E-state index >= 15 is 0 Å². The van der Waals surface area contributed by atoms with E-state index in [9.17, 15) is 24.3 Å². The number of anilines is 1. The predicted molar refractivity (Wildman–Crippen MR) is 108 cm³/mol. The number of carboxylic acid groups (broad SMARTS) is 1. The van der Waals surface area contributed by atoms with E-state index in [1.54, 1.807) is 0 Å². The highest BCUT2D eigenvalue weighted by Crippen LogP contribution is 2.40. The fourth-order valence-corrected chi connectivity index (χ4v) is 4.78. The number of thiazole rings is 1. The van der Waals surface area contributed by atoms with Gasteiger partial charge in [-0.2, -0.15) is 0 Å². The molecule has 0 bridgehead atoms. The Bertz CT molecular complexity index is 990. The van der Waals surface area contributed by atoms with Gasteiger partial charge in [-0.15, -0.1) is 23.1 Å². The molecule has 166 valence electrons. The van der Waals surface area contributed by atoms with E-state index in [1.165, 1.54) is 24.3 Å². The molecule has 13 nitrogen and oxygen atoms in total. The number of nitrogens with zero attached hydrogens (tertiary/aromatic N) is 3. The van der Waals surface area contributed by atoms with Crippen molar-refractivity contribution in [2.75, 3.05) is 31.8 Å². The number of nitrogens with two attached hydrogens (primary N) is 1. The first kappa shape index (κ1) is 22.5. The number of hydrogen-bond acceptors (Lipinski definition) is 12. The van der Waals surface area contributed by atoms with Gasteiger partial charge in [-0.25, -0.2) is 14.6 Å². The summed E-state index contributed by atoms with van der Waals surface area (Å²) in [6, 6.07) is -1.01. The molecular formula is C16H17N5O8S2. The Morgan fingerprint density at radius 2 is 2.19 bits per heavy atom. The molecule has 3 rings (SSSR count). The van der Waals surface area contributed by atoms with Gasteiger partial charge in [0.25, 0.3) is 11.8 Å². The molecule has 31 heavy (non-hydrogen) atoms. The minimum absolute atomic E-state index is 0.142. The van der Waals surface area contributed by atoms with Crippen LogP contribution in [0.3, 0.4) is 0 Å². The number of nitrogen functional groups attached to an aromatic ring is 1. The number of amides is 2. The average Bonchev–Trinajstić information content (AvgIpc) is 3.18. The van der Waals surface area contributed by atoms with Crippen LogP contribution in [0.1, 0.15) is 5.69 Å². The molecule has 0 aromatic carbocycles. The minimum Gasteiger partial charge on any atom is -0.477 e. The maximum absolute atomic E-state index is 12.7. The van der Waals surface area contributed by atoms with Crippen LogP contribution in [0.5, 0.6) is 0 Å². The summed E-state index contributed by atoms with van der Waals surface area (Å²) < 4.78 is 4.78. The van der Waals surface area contributed by atoms with Crippen LogP contribution in [0, 0.1) is 0 Å². The number of esters is 1. The lowest BCUT2D eigenvalue weighted by Crippen LogP contribution is -2.71. The molecule has 1 aromatic rings. The Kier molecular flexibility index (Phi) is 6.77. The second kappa shape index (κ2) is 9.32. The molecule has 1 saturated heterocycles. The topological polar surface area (TPSA) is 194 Å². The summed E-state index contributed by atoms with van der Waals surface area (Å²) in [5, 5.41) is 25.5. The molecule has 1 fully saturated rings. The standard InChI is InChI=1S/C16H17N5O8S2/c1-28-20-9(7-5-31-16(17)18-7)12(24)19-10-13(25)21-11(15(26)27)6(4-30-14(10)21)3-29-8(23)2-22/h5,10,14,22H,2-4H2,1H3,(H2,17,18)(H,19,24)(H,26,27)/b20-9-/t10-,14-/m1/s1. The molecule has 3 heterocycles. The number of aliphatic hydroxyl groups excluding tert-OH is 1. The molecule has 2 aliphatic heterocycles. The van der Waals surface area contributed by atoms with Gasteiger partial charge in [-0.3, -0.25) is 14.5 Å². The van der Waals surface area contributed by atoms with Crippen molar-refractivity contribution in [3.8, 4) is 0 Å². The van der Waals surface area contributed by atoms with Crippen molar-refractivity contribution in [3.63, 3.8) is 0 Å². The first-order chi connectivity index (χ1) is 14.8. The number of β-lactam (4-membered cyclic amide) rings is 1. The quantitative estimate of drug-likeness (QED) is 0.147. The van der Waals surface area contributed by atoms with Gasteiger partial charge in [0.1, 0.15) is 43.1 Å². The second-order valence-corrected chi connectivity index (χ2v) is 8.13. The van der Waals surface area contributed by atoms with Crippen LogP contribution in [-0.2, 0) is 28.8 Å². The Labute approximate surface area is 182 Å². The zero-order valence-corrected chi connectivity index (χ0v) is 17.6. The van der Waals surface area contributed by atoms with Crippen molar-refractivity contribution in [1.82, 2.24) is 15.2 Å². The summed E-state index contributed by atoms with van der Waals surface area (Å²) in [6.45, 7) is -1.23. The summed E-state index contributed by atoms with van der Waals surface area (Å²) in [5.74, 6) is -3.55. The number of aliphatic hydroxyl groups is 1. The van der Waals surface area contributed by atoms with Crippen LogP contribution < -0.4 is 11.1 Å². The predicted octanol–water partition coefficient (Wildman–Crippen LogP) is -1.65. The Balaban J connectivity index is 1.76. The lowest BCUT2D eigenvalue weighted by atomic mass is 10.0. The number of carbonyl (C=O) groups excluding carboxylic acids is 3. The van der Waals surface area contributed by atoms with Gasteiger partial charge in [0.15, 0.2) is 10.8 Å². The van der Waals surface area contributed by atoms with Crippen molar-refractivity contribution < 1.29 is 39.0 Å². The van der Waals surface area contributed by atoms with Crippen molar-refractivity contribution >= 4 is 57.7 Å². The molecule has 0 unspecified atom stereocenters. The van der Waals surface area contributed by atoms with E-state index in [1.807, 2.05) is 0 Å². The van der Waals surface area contributed by atoms with E-state index in [2.05, 4.69) is 20.3 Å². The number of thioether (sulfide) groups is 1. The normalized spacial score (nSPS) is 20.6. The van der Waals surface area contributed by atoms with E-state index in [-0.39, 0.29) is 40.2 Å². The van der Waals surface area contributed by atoms with Gasteiger partial charge in [-0.05, 0) is 0 Å². The zero-order chi connectivity index (χ0) is 22.7. The maximum Gasteiger partial charge on any atom is 0.352 e. The number of carboxylic acids is 1. The molecule has 0 spiro atoms. The van der Waals surface area contributed by atoms with Crippen molar-refractivity contribution in [2.24, 2.45) is 5.16 Å². The van der Waals surface area contributed by atoms with Gasteiger partial charge >= 0.3 is 11.9 Å². The van der Waals surface area contributed by atoms with Crippen LogP contribution >= 0.6 is 23.1 Å². The number of oxime groups is 1. The van der Waals surface area contributed by atoms with Gasteiger partial charge in [-0.1, -0.05) is 5.16 Å². The number of aromatic nitrogens is 1. The highest BCUT2D eigenvalue weighted by atomic mass is 32.2. The third-order valence-electron chi connectivity index (χ3n) is 4.24. The van der Waals surface area contributed by atoms with Crippen molar-refractivity contribution in [2.45, 2.75) is 11.4 Å². The van der Waals surface area contributed by atoms with Gasteiger partial charge < -0.3 is 30.8 Å². The second-order valence-electron chi connectivity index (χ2n) is 6.13. The van der Waals surface area contributed by atoms with Crippen LogP contribution in [-0.4, -0.2) is 87.1 Å². The fourth-order valence-electron chi connectivity index (χ4n) is 2.91. The SMILES string of the molecule is CO/N=C(\C(=O)N[C@@H]1C(=O)N2C(C(=O)O)=C(COC(=O)CO)CS[C@H]12)c1csc(N)n1. The highest BCUT2D eigenvalue weighted by Gasteiger charge is 2.54. The van der Waals surface area contributed by atoms with Crippen molar-refractivity contribution in [3.05, 3.63) is 22.3 Å². The third kappa shape index (κ3) is 4.47. The van der Waals surface area contributed by atoms with Crippen molar-refractivity contribution in [1.29, 1.82) is 0 Å². The number of nitrogens with one attached hydrogen (secondary N) is 1. The molecule has 2 atom stereocenters. The number of rotatable bonds is 8. The van der Waals surface area contributed by atoms with Crippen LogP contribution in [0.2, 0.25) is 0 Å². The largest absolute Gasteiger partial charge is 0.477 e. The average molecular weight is 471 g/mol. The number of fused-ring (bicyclic) bond motifs is 1. The number of ether oxygens (including phenoxy) is 1. The van der Waals surface area contributed by atoms with Gasteiger partial charge in [0, 0.05) is 16.7 Å². The monoisotopic (exact) mass is 471 g/mol. The van der Waals surface area contributed by atoms with Gasteiger partial charge in [0.2, 0.25) is 0 Å². The van der Waals surface area contributed by atoms with Gasteiger partial charge in [0.05, 0.1) is 0 Å². The summed E-state index contributed by atoms with van der Waals surface area (Å²) in [7, 11) is 1.24. The van der Waals surface area contributed by atoms with E-state index < -0.39 is 41.8 Å². The molecule has 15 heteroatoms. The van der Waals surface area contributed by atoms with Crippen LogP contribution in [0.25, 0.3) is 0 Å². The smallest absolute Gasteiger partial charge is 0.352 e. The summed E-state index contributed by atoms with van der Waals surface area (Å²) in [6.07, 6.45) is 0. The molecule has 0 radical (unpaired) electrons. The number of aliphatic carboxylic acids is 1. The van der Waals surface area contributed by atoms with Crippen LogP contribution in [0.15, 0.2) is 21.8 Å². The molecule has 1 aromatic heterocycles. The first-order valence-corrected chi connectivity index (χ1v) is 10.5. The molecule has 0 saturated carbocycles. The number of carbonyl (C=O) groups is 4.